The molecule has 4 heteroatoms. The van der Waals surface area contributed by atoms with Crippen LogP contribution in [0, 0.1) is 0 Å². The quantitative estimate of drug-likeness (QED) is 0.434. The molecule has 12 heavy (non-hydrogen) atoms. The van der Waals surface area contributed by atoms with E-state index in [4.69, 9.17) is 5.73 Å². The summed E-state index contributed by atoms with van der Waals surface area (Å²) in [4.78, 5) is 10.8. The normalized spacial score (nSPS) is 17.1. The molecule has 1 unspecified atom stereocenters. The molecule has 0 aliphatic carbocycles. The number of aliphatic carboxylic acids is 1. The molecule has 0 amide bonds. The summed E-state index contributed by atoms with van der Waals surface area (Å²) in [6.07, 6.45) is 1.17. The van der Waals surface area contributed by atoms with E-state index in [2.05, 4.69) is 0 Å². The Morgan fingerprint density at radius 2 is 1.92 bits per heavy atom. The predicted molar refractivity (Wildman–Crippen MR) is 44.9 cm³/mol. The van der Waals surface area contributed by atoms with Gasteiger partial charge in [-0.25, -0.2) is 0 Å². The van der Waals surface area contributed by atoms with Crippen LogP contribution in [0.15, 0.2) is 0 Å². The largest absolute Gasteiger partial charge is 0.543 e. The van der Waals surface area contributed by atoms with Gasteiger partial charge in [0.25, 0.3) is 0 Å². The summed E-state index contributed by atoms with van der Waals surface area (Å²) in [6, 6.07) is 0. The maximum atomic E-state index is 10.8. The zero-order valence-corrected chi connectivity index (χ0v) is 8.26. The second kappa shape index (κ2) is 3.41. The van der Waals surface area contributed by atoms with Crippen LogP contribution in [-0.2, 0) is 4.79 Å². The average Bonchev–Trinajstić information content (AvgIpc) is 1.85. The van der Waals surface area contributed by atoms with Gasteiger partial charge in [-0.2, -0.15) is 0 Å². The van der Waals surface area contributed by atoms with Crippen molar-refractivity contribution in [1.82, 2.24) is 0 Å². The molecule has 0 heterocycles. The molecule has 0 radical (unpaired) electrons. The Morgan fingerprint density at radius 1 is 1.50 bits per heavy atom. The second-order valence-electron chi connectivity index (χ2n) is 3.97. The molecular weight excluding hydrogens is 156 g/mol. The van der Waals surface area contributed by atoms with Crippen LogP contribution in [0.1, 0.15) is 19.8 Å². The molecule has 1 atom stereocenters. The second-order valence-corrected chi connectivity index (χ2v) is 3.97. The third-order valence-electron chi connectivity index (χ3n) is 2.18. The minimum atomic E-state index is -1.27. The maximum absolute atomic E-state index is 10.8. The average molecular weight is 174 g/mol. The van der Waals surface area contributed by atoms with Crippen LogP contribution in [0.2, 0.25) is 0 Å². The van der Waals surface area contributed by atoms with E-state index in [0.717, 1.165) is 6.42 Å². The number of nitrogens with zero attached hydrogens (tertiary/aromatic N) is 1. The molecule has 0 bridgehead atoms. The number of carboxylic acid groups (broad SMARTS) is 1. The molecule has 72 valence electrons. The first-order valence-electron chi connectivity index (χ1n) is 4.07. The van der Waals surface area contributed by atoms with Gasteiger partial charge in [-0.15, -0.1) is 0 Å². The van der Waals surface area contributed by atoms with Crippen LogP contribution >= 0.6 is 0 Å². The van der Waals surface area contributed by atoms with Gasteiger partial charge in [0.1, 0.15) is 5.97 Å². The van der Waals surface area contributed by atoms with Crippen LogP contribution in [0.5, 0.6) is 0 Å². The third kappa shape index (κ3) is 1.95. The van der Waals surface area contributed by atoms with Crippen molar-refractivity contribution in [1.29, 1.82) is 0 Å². The zero-order chi connectivity index (χ0) is 9.99. The molecule has 2 N–H and O–H groups in total. The van der Waals surface area contributed by atoms with Crippen molar-refractivity contribution in [2.75, 3.05) is 21.1 Å². The zero-order valence-electron chi connectivity index (χ0n) is 8.26. The molecule has 0 aliphatic rings. The molecule has 0 aliphatic heterocycles. The standard InChI is InChI=1S/C8H18N2O2/c1-5-6-8(9,7(11)12)10(2,3)4/h5-6,9H2,1-4H3. The Labute approximate surface area is 73.6 Å². The minimum absolute atomic E-state index is 0.184. The van der Waals surface area contributed by atoms with E-state index in [1.807, 2.05) is 6.92 Å². The minimum Gasteiger partial charge on any atom is -0.543 e. The van der Waals surface area contributed by atoms with E-state index in [-0.39, 0.29) is 4.48 Å². The molecule has 0 spiro atoms. The first kappa shape index (κ1) is 11.4. The molecular formula is C8H18N2O2. The van der Waals surface area contributed by atoms with E-state index in [1.54, 1.807) is 21.1 Å². The van der Waals surface area contributed by atoms with Crippen LogP contribution in [-0.4, -0.2) is 37.3 Å². The number of hydrogen-bond donors (Lipinski definition) is 1. The third-order valence-corrected chi connectivity index (χ3v) is 2.18. The summed E-state index contributed by atoms with van der Waals surface area (Å²) in [5.41, 5.74) is 4.47. The lowest BCUT2D eigenvalue weighted by atomic mass is 10.0. The molecule has 0 aromatic carbocycles. The van der Waals surface area contributed by atoms with Crippen LogP contribution in [0.3, 0.4) is 0 Å². The number of hydrogen-bond acceptors (Lipinski definition) is 3. The predicted octanol–water partition coefficient (Wildman–Crippen LogP) is -1.10. The van der Waals surface area contributed by atoms with Gasteiger partial charge in [0.15, 0.2) is 5.66 Å². The van der Waals surface area contributed by atoms with Gasteiger partial charge in [-0.1, -0.05) is 6.92 Å². The van der Waals surface area contributed by atoms with Gasteiger partial charge in [0.05, 0.1) is 21.1 Å². The molecule has 0 fully saturated rings. The lowest BCUT2D eigenvalue weighted by Crippen LogP contribution is -2.71. The van der Waals surface area contributed by atoms with Crippen molar-refractivity contribution in [2.24, 2.45) is 5.73 Å². The first-order valence-corrected chi connectivity index (χ1v) is 4.07. The van der Waals surface area contributed by atoms with Gasteiger partial charge in [0.2, 0.25) is 0 Å². The van der Waals surface area contributed by atoms with E-state index in [9.17, 15) is 9.90 Å². The van der Waals surface area contributed by atoms with E-state index >= 15 is 0 Å². The number of likely N-dealkylation sites (N-methyl/N-ethyl adjacent to an activating group) is 1. The van der Waals surface area contributed by atoms with Crippen molar-refractivity contribution < 1.29 is 14.4 Å². The van der Waals surface area contributed by atoms with Gasteiger partial charge >= 0.3 is 0 Å². The number of nitrogens with two attached hydrogens (primary N) is 1. The van der Waals surface area contributed by atoms with E-state index in [0.29, 0.717) is 6.42 Å². The van der Waals surface area contributed by atoms with Crippen molar-refractivity contribution in [3.63, 3.8) is 0 Å². The maximum Gasteiger partial charge on any atom is 0.190 e. The Hall–Kier alpha value is -0.610. The van der Waals surface area contributed by atoms with Gasteiger partial charge < -0.3 is 14.4 Å². The molecule has 0 rings (SSSR count). The van der Waals surface area contributed by atoms with Crippen molar-refractivity contribution in [2.45, 2.75) is 25.4 Å². The number of carboxylic acids is 1. The Bertz CT molecular complexity index is 174. The van der Waals surface area contributed by atoms with Gasteiger partial charge in [-0.3, -0.25) is 5.73 Å². The van der Waals surface area contributed by atoms with Crippen LogP contribution in [0.4, 0.5) is 0 Å². The highest BCUT2D eigenvalue weighted by molar-refractivity contribution is 5.74. The van der Waals surface area contributed by atoms with Gasteiger partial charge in [0, 0.05) is 6.42 Å². The molecule has 0 saturated heterocycles. The Morgan fingerprint density at radius 3 is 2.00 bits per heavy atom. The molecule has 0 aromatic heterocycles. The highest BCUT2D eigenvalue weighted by atomic mass is 16.4. The van der Waals surface area contributed by atoms with Gasteiger partial charge in [-0.05, 0) is 6.42 Å². The number of quaternary nitrogens is 1. The summed E-state index contributed by atoms with van der Waals surface area (Å²) < 4.78 is 0.184. The fraction of sp³-hybridized carbons (Fsp3) is 0.875. The van der Waals surface area contributed by atoms with E-state index in [1.165, 1.54) is 0 Å². The fourth-order valence-electron chi connectivity index (χ4n) is 1.09. The topological polar surface area (TPSA) is 66.2 Å². The molecule has 4 nitrogen and oxygen atoms in total. The Balaban J connectivity index is 4.75. The summed E-state index contributed by atoms with van der Waals surface area (Å²) in [5, 5.41) is 10.8. The summed E-state index contributed by atoms with van der Waals surface area (Å²) >= 11 is 0. The highest BCUT2D eigenvalue weighted by Gasteiger charge is 2.39. The molecule has 0 aromatic rings. The smallest absolute Gasteiger partial charge is 0.190 e. The van der Waals surface area contributed by atoms with Crippen LogP contribution in [0.25, 0.3) is 0 Å². The number of rotatable bonds is 4. The summed E-state index contributed by atoms with van der Waals surface area (Å²) in [6.45, 7) is 1.90. The fourth-order valence-corrected chi connectivity index (χ4v) is 1.09. The van der Waals surface area contributed by atoms with Crippen molar-refractivity contribution in [3.8, 4) is 0 Å². The van der Waals surface area contributed by atoms with Crippen molar-refractivity contribution >= 4 is 5.97 Å². The highest BCUT2D eigenvalue weighted by Crippen LogP contribution is 2.17. The number of carbonyl (C=O) groups excluding carboxylic acids is 1. The van der Waals surface area contributed by atoms with E-state index < -0.39 is 11.6 Å². The van der Waals surface area contributed by atoms with Crippen LogP contribution < -0.4 is 10.8 Å². The Kier molecular flexibility index (Phi) is 3.24. The van der Waals surface area contributed by atoms with Crippen molar-refractivity contribution in [3.05, 3.63) is 0 Å². The summed E-state index contributed by atoms with van der Waals surface area (Å²) in [5.74, 6) is -1.18. The number of carbonyl (C=O) groups is 1. The molecule has 0 saturated carbocycles. The SMILES string of the molecule is CCCC(N)(C(=O)[O-])[N+](C)(C)C. The lowest BCUT2D eigenvalue weighted by molar-refractivity contribution is -0.916. The monoisotopic (exact) mass is 174 g/mol. The first-order chi connectivity index (χ1) is 5.25. The lowest BCUT2D eigenvalue weighted by Gasteiger charge is -2.43. The summed E-state index contributed by atoms with van der Waals surface area (Å²) in [7, 11) is 5.27.